The van der Waals surface area contributed by atoms with Crippen LogP contribution >= 0.6 is 0 Å². The summed E-state index contributed by atoms with van der Waals surface area (Å²) in [7, 11) is 0. The third kappa shape index (κ3) is 4.84. The topological polar surface area (TPSA) is 81.4 Å². The van der Waals surface area contributed by atoms with E-state index in [1.807, 2.05) is 49.4 Å². The minimum absolute atomic E-state index is 0.0484. The van der Waals surface area contributed by atoms with Crippen LogP contribution in [0.1, 0.15) is 24.6 Å². The second-order valence-electron chi connectivity index (χ2n) is 6.93. The number of aliphatic hydroxyl groups is 1. The Labute approximate surface area is 163 Å². The predicted octanol–water partition coefficient (Wildman–Crippen LogP) is 2.67. The third-order valence-corrected chi connectivity index (χ3v) is 4.57. The molecule has 0 aliphatic carbocycles. The number of hydrogen-bond donors (Lipinski definition) is 1. The molecule has 1 heterocycles. The molecule has 3 aromatic rings. The molecule has 0 fully saturated rings. The van der Waals surface area contributed by atoms with E-state index in [9.17, 15) is 14.7 Å². The summed E-state index contributed by atoms with van der Waals surface area (Å²) in [5.41, 5.74) is 1.57. The number of carbonyl (C=O) groups excluding carboxylic acids is 1. The first kappa shape index (κ1) is 19.8. The first-order valence-corrected chi connectivity index (χ1v) is 9.30. The van der Waals surface area contributed by atoms with Crippen LogP contribution in [0.3, 0.4) is 0 Å². The third-order valence-electron chi connectivity index (χ3n) is 4.57. The van der Waals surface area contributed by atoms with Crippen LogP contribution in [-0.4, -0.2) is 33.4 Å². The van der Waals surface area contributed by atoms with Crippen molar-refractivity contribution in [1.82, 2.24) is 9.78 Å². The first-order valence-electron chi connectivity index (χ1n) is 9.30. The maximum atomic E-state index is 12.6. The molecule has 0 saturated heterocycles. The van der Waals surface area contributed by atoms with Gasteiger partial charge in [0.25, 0.3) is 5.56 Å². The van der Waals surface area contributed by atoms with E-state index in [1.165, 1.54) is 4.68 Å². The summed E-state index contributed by atoms with van der Waals surface area (Å²) in [6, 6.07) is 14.7. The SMILES string of the molecule is CC(=O)CCc1ccc(OC[C@@H](O)Cn2nc(C)c3ccccc3c2=O)cc1. The monoisotopic (exact) mass is 380 g/mol. The number of aromatic nitrogens is 2. The molecule has 6 heteroatoms. The Hall–Kier alpha value is -2.99. The van der Waals surface area contributed by atoms with Crippen molar-refractivity contribution in [1.29, 1.82) is 0 Å². The van der Waals surface area contributed by atoms with Crippen LogP contribution in [0, 0.1) is 6.92 Å². The number of ether oxygens (including phenoxy) is 1. The smallest absolute Gasteiger partial charge is 0.274 e. The van der Waals surface area contributed by atoms with Gasteiger partial charge in [-0.25, -0.2) is 4.68 Å². The molecule has 0 spiro atoms. The molecule has 0 radical (unpaired) electrons. The Kier molecular flexibility index (Phi) is 6.21. The highest BCUT2D eigenvalue weighted by Crippen LogP contribution is 2.15. The van der Waals surface area contributed by atoms with Crippen LogP contribution in [0.25, 0.3) is 10.8 Å². The maximum Gasteiger partial charge on any atom is 0.274 e. The molecule has 0 bridgehead atoms. The van der Waals surface area contributed by atoms with Crippen molar-refractivity contribution < 1.29 is 14.6 Å². The number of aliphatic hydroxyl groups excluding tert-OH is 1. The summed E-state index contributed by atoms with van der Waals surface area (Å²) in [6.45, 7) is 3.53. The highest BCUT2D eigenvalue weighted by molar-refractivity contribution is 5.83. The Morgan fingerprint density at radius 1 is 1.14 bits per heavy atom. The summed E-state index contributed by atoms with van der Waals surface area (Å²) < 4.78 is 6.91. The fourth-order valence-corrected chi connectivity index (χ4v) is 3.05. The molecular weight excluding hydrogens is 356 g/mol. The van der Waals surface area contributed by atoms with E-state index in [0.717, 1.165) is 16.6 Å². The second kappa shape index (κ2) is 8.80. The van der Waals surface area contributed by atoms with Crippen molar-refractivity contribution in [3.63, 3.8) is 0 Å². The second-order valence-corrected chi connectivity index (χ2v) is 6.93. The average molecular weight is 380 g/mol. The number of aryl methyl sites for hydroxylation is 2. The number of benzene rings is 2. The highest BCUT2D eigenvalue weighted by Gasteiger charge is 2.12. The molecule has 2 aromatic carbocycles. The van der Waals surface area contributed by atoms with Crippen LogP contribution in [0.15, 0.2) is 53.3 Å². The minimum atomic E-state index is -0.872. The number of fused-ring (bicyclic) bond motifs is 1. The van der Waals surface area contributed by atoms with Gasteiger partial charge in [-0.15, -0.1) is 0 Å². The Bertz CT molecular complexity index is 1020. The number of ketones is 1. The van der Waals surface area contributed by atoms with Gasteiger partial charge in [-0.3, -0.25) is 4.79 Å². The van der Waals surface area contributed by atoms with E-state index in [-0.39, 0.29) is 24.5 Å². The Morgan fingerprint density at radius 3 is 2.50 bits per heavy atom. The van der Waals surface area contributed by atoms with Gasteiger partial charge in [0.05, 0.1) is 17.6 Å². The quantitative estimate of drug-likeness (QED) is 0.650. The van der Waals surface area contributed by atoms with Crippen LogP contribution in [0.2, 0.25) is 0 Å². The molecule has 0 unspecified atom stereocenters. The van der Waals surface area contributed by atoms with Crippen LogP contribution in [0.5, 0.6) is 5.75 Å². The summed E-state index contributed by atoms with van der Waals surface area (Å²) in [5, 5.41) is 16.0. The molecule has 28 heavy (non-hydrogen) atoms. The van der Waals surface area contributed by atoms with Crippen LogP contribution in [-0.2, 0) is 17.8 Å². The Morgan fingerprint density at radius 2 is 1.82 bits per heavy atom. The van der Waals surface area contributed by atoms with Gasteiger partial charge in [0, 0.05) is 11.8 Å². The van der Waals surface area contributed by atoms with Gasteiger partial charge in [-0.2, -0.15) is 5.10 Å². The van der Waals surface area contributed by atoms with E-state index >= 15 is 0 Å². The molecule has 6 nitrogen and oxygen atoms in total. The normalized spacial score (nSPS) is 12.1. The number of hydrogen-bond acceptors (Lipinski definition) is 5. The molecule has 1 atom stereocenters. The van der Waals surface area contributed by atoms with Crippen molar-refractivity contribution in [2.45, 2.75) is 39.3 Å². The average Bonchev–Trinajstić information content (AvgIpc) is 2.69. The summed E-state index contributed by atoms with van der Waals surface area (Å²) in [4.78, 5) is 23.6. The maximum absolute atomic E-state index is 12.6. The lowest BCUT2D eigenvalue weighted by molar-refractivity contribution is -0.116. The van der Waals surface area contributed by atoms with E-state index in [1.54, 1.807) is 13.0 Å². The van der Waals surface area contributed by atoms with Crippen molar-refractivity contribution in [3.8, 4) is 5.75 Å². The van der Waals surface area contributed by atoms with Gasteiger partial charge < -0.3 is 14.6 Å². The zero-order valence-corrected chi connectivity index (χ0v) is 16.1. The standard InChI is InChI=1S/C22H24N2O4/c1-15(25)7-8-17-9-11-19(12-10-17)28-14-18(26)13-24-22(27)21-6-4-3-5-20(21)16(2)23-24/h3-6,9-12,18,26H,7-8,13-14H2,1-2H3/t18-/m0/s1. The fraction of sp³-hybridized carbons (Fsp3) is 0.318. The molecule has 0 aliphatic rings. The molecule has 1 aromatic heterocycles. The van der Waals surface area contributed by atoms with Gasteiger partial charge in [-0.1, -0.05) is 30.3 Å². The lowest BCUT2D eigenvalue weighted by Crippen LogP contribution is -2.32. The van der Waals surface area contributed by atoms with Crippen molar-refractivity contribution in [2.24, 2.45) is 0 Å². The van der Waals surface area contributed by atoms with E-state index in [0.29, 0.717) is 24.0 Å². The van der Waals surface area contributed by atoms with Crippen molar-refractivity contribution in [3.05, 3.63) is 70.1 Å². The van der Waals surface area contributed by atoms with Gasteiger partial charge in [-0.05, 0) is 44.0 Å². The zero-order valence-electron chi connectivity index (χ0n) is 16.1. The van der Waals surface area contributed by atoms with Gasteiger partial charge >= 0.3 is 0 Å². The van der Waals surface area contributed by atoms with Crippen molar-refractivity contribution in [2.75, 3.05) is 6.61 Å². The van der Waals surface area contributed by atoms with Gasteiger partial charge in [0.15, 0.2) is 0 Å². The van der Waals surface area contributed by atoms with E-state index in [4.69, 9.17) is 4.74 Å². The van der Waals surface area contributed by atoms with E-state index < -0.39 is 6.10 Å². The minimum Gasteiger partial charge on any atom is -0.491 e. The molecule has 146 valence electrons. The molecule has 0 saturated carbocycles. The summed E-state index contributed by atoms with van der Waals surface area (Å²) in [5.74, 6) is 0.789. The molecule has 0 aliphatic heterocycles. The zero-order chi connectivity index (χ0) is 20.1. The van der Waals surface area contributed by atoms with Gasteiger partial charge in [0.1, 0.15) is 24.2 Å². The molecule has 1 N–H and O–H groups in total. The predicted molar refractivity (Wildman–Crippen MR) is 108 cm³/mol. The lowest BCUT2D eigenvalue weighted by atomic mass is 10.1. The number of nitrogens with zero attached hydrogens (tertiary/aromatic N) is 2. The van der Waals surface area contributed by atoms with E-state index in [2.05, 4.69) is 5.10 Å². The molecule has 3 rings (SSSR count). The number of Topliss-reactive ketones (excluding diaryl/α,β-unsaturated/α-hetero) is 1. The Balaban J connectivity index is 1.61. The number of carbonyl (C=O) groups is 1. The molecule has 0 amide bonds. The van der Waals surface area contributed by atoms with Gasteiger partial charge in [0.2, 0.25) is 0 Å². The first-order chi connectivity index (χ1) is 13.4. The van der Waals surface area contributed by atoms with Crippen LogP contribution < -0.4 is 10.3 Å². The highest BCUT2D eigenvalue weighted by atomic mass is 16.5. The lowest BCUT2D eigenvalue weighted by Gasteiger charge is -2.14. The fourth-order valence-electron chi connectivity index (χ4n) is 3.05. The number of rotatable bonds is 8. The largest absolute Gasteiger partial charge is 0.491 e. The molecular formula is C22H24N2O4. The van der Waals surface area contributed by atoms with Crippen LogP contribution in [0.4, 0.5) is 0 Å². The van der Waals surface area contributed by atoms with Crippen molar-refractivity contribution >= 4 is 16.6 Å². The summed E-state index contributed by atoms with van der Waals surface area (Å²) >= 11 is 0. The summed E-state index contributed by atoms with van der Waals surface area (Å²) in [6.07, 6.45) is 0.350.